The summed E-state index contributed by atoms with van der Waals surface area (Å²) in [6.45, 7) is 5.90. The van der Waals surface area contributed by atoms with Crippen molar-refractivity contribution in [2.75, 3.05) is 0 Å². The standard InChI is InChI=1S/C22H21O2P/c1-14-8-7-9-15(2)20(14)22(23)21-16(3)19(25)13-12-18(21)24-17-10-5-4-6-11-17/h4-13H,25H2,1-3H3. The summed E-state index contributed by atoms with van der Waals surface area (Å²) in [6, 6.07) is 19.3. The van der Waals surface area contributed by atoms with Crippen LogP contribution < -0.4 is 10.0 Å². The monoisotopic (exact) mass is 348 g/mol. The molecule has 126 valence electrons. The lowest BCUT2D eigenvalue weighted by Gasteiger charge is -2.16. The molecule has 3 heteroatoms. The average molecular weight is 348 g/mol. The first kappa shape index (κ1) is 17.4. The van der Waals surface area contributed by atoms with Crippen LogP contribution in [-0.2, 0) is 0 Å². The molecular formula is C22H21O2P. The number of benzene rings is 3. The van der Waals surface area contributed by atoms with Crippen molar-refractivity contribution in [2.45, 2.75) is 20.8 Å². The Kier molecular flexibility index (Phi) is 5.01. The maximum absolute atomic E-state index is 13.4. The van der Waals surface area contributed by atoms with E-state index < -0.39 is 0 Å². The molecule has 0 amide bonds. The summed E-state index contributed by atoms with van der Waals surface area (Å²) in [4.78, 5) is 13.4. The van der Waals surface area contributed by atoms with E-state index in [1.807, 2.05) is 81.4 Å². The Labute approximate surface area is 151 Å². The van der Waals surface area contributed by atoms with Crippen LogP contribution in [0, 0.1) is 20.8 Å². The van der Waals surface area contributed by atoms with E-state index in [1.54, 1.807) is 0 Å². The third-order valence-corrected chi connectivity index (χ3v) is 5.00. The lowest BCUT2D eigenvalue weighted by atomic mass is 9.92. The Bertz CT molecular complexity index is 910. The summed E-state index contributed by atoms with van der Waals surface area (Å²) in [7, 11) is 2.69. The number of carbonyl (C=O) groups is 1. The van der Waals surface area contributed by atoms with Crippen molar-refractivity contribution in [2.24, 2.45) is 0 Å². The molecule has 0 aliphatic rings. The molecule has 0 saturated heterocycles. The maximum atomic E-state index is 13.4. The smallest absolute Gasteiger partial charge is 0.197 e. The number of para-hydroxylation sites is 1. The Hall–Kier alpha value is -2.44. The van der Waals surface area contributed by atoms with Crippen molar-refractivity contribution in [1.82, 2.24) is 0 Å². The molecule has 0 aliphatic heterocycles. The Morgan fingerprint density at radius 2 is 1.44 bits per heavy atom. The number of hydrogen-bond acceptors (Lipinski definition) is 2. The van der Waals surface area contributed by atoms with Crippen LogP contribution in [0.1, 0.15) is 32.6 Å². The van der Waals surface area contributed by atoms with Gasteiger partial charge in [-0.05, 0) is 61.0 Å². The highest BCUT2D eigenvalue weighted by molar-refractivity contribution is 7.27. The first-order valence-electron chi connectivity index (χ1n) is 8.22. The minimum absolute atomic E-state index is 0.00308. The summed E-state index contributed by atoms with van der Waals surface area (Å²) in [5.41, 5.74) is 4.24. The number of rotatable bonds is 4. The molecule has 0 radical (unpaired) electrons. The maximum Gasteiger partial charge on any atom is 0.197 e. The van der Waals surface area contributed by atoms with Gasteiger partial charge in [-0.25, -0.2) is 0 Å². The van der Waals surface area contributed by atoms with Gasteiger partial charge in [0, 0.05) is 5.56 Å². The first-order chi connectivity index (χ1) is 12.0. The van der Waals surface area contributed by atoms with Crippen molar-refractivity contribution in [3.8, 4) is 11.5 Å². The van der Waals surface area contributed by atoms with Crippen LogP contribution >= 0.6 is 9.24 Å². The second-order valence-corrected chi connectivity index (χ2v) is 6.79. The van der Waals surface area contributed by atoms with E-state index >= 15 is 0 Å². The number of ketones is 1. The molecule has 2 nitrogen and oxygen atoms in total. The van der Waals surface area contributed by atoms with Crippen molar-refractivity contribution < 1.29 is 9.53 Å². The van der Waals surface area contributed by atoms with E-state index in [9.17, 15) is 4.79 Å². The molecule has 3 aromatic rings. The van der Waals surface area contributed by atoms with Gasteiger partial charge in [0.05, 0.1) is 5.56 Å². The van der Waals surface area contributed by atoms with Gasteiger partial charge in [-0.1, -0.05) is 42.5 Å². The number of hydrogen-bond donors (Lipinski definition) is 0. The highest BCUT2D eigenvalue weighted by Crippen LogP contribution is 2.31. The molecule has 0 N–H and O–H groups in total. The van der Waals surface area contributed by atoms with Gasteiger partial charge >= 0.3 is 0 Å². The Morgan fingerprint density at radius 1 is 0.800 bits per heavy atom. The van der Waals surface area contributed by atoms with Gasteiger partial charge in [0.15, 0.2) is 5.78 Å². The van der Waals surface area contributed by atoms with Crippen LogP contribution in [0.15, 0.2) is 60.7 Å². The third-order valence-electron chi connectivity index (χ3n) is 4.37. The second kappa shape index (κ2) is 7.21. The topological polar surface area (TPSA) is 26.3 Å². The number of ether oxygens (including phenoxy) is 1. The van der Waals surface area contributed by atoms with Crippen LogP contribution in [0.5, 0.6) is 11.5 Å². The van der Waals surface area contributed by atoms with E-state index in [0.717, 1.165) is 27.6 Å². The van der Waals surface area contributed by atoms with Gasteiger partial charge < -0.3 is 4.74 Å². The van der Waals surface area contributed by atoms with E-state index in [1.165, 1.54) is 0 Å². The average Bonchev–Trinajstić information content (AvgIpc) is 2.59. The van der Waals surface area contributed by atoms with Crippen molar-refractivity contribution >= 4 is 20.3 Å². The molecule has 1 unspecified atom stereocenters. The molecule has 0 spiro atoms. The fourth-order valence-corrected chi connectivity index (χ4v) is 3.22. The molecule has 3 rings (SSSR count). The molecule has 0 fully saturated rings. The fourth-order valence-electron chi connectivity index (χ4n) is 2.98. The van der Waals surface area contributed by atoms with Crippen LogP contribution in [0.3, 0.4) is 0 Å². The SMILES string of the molecule is Cc1cccc(C)c1C(=O)c1c(Oc2ccccc2)ccc(P)c1C. The molecule has 1 atom stereocenters. The fraction of sp³-hybridized carbons (Fsp3) is 0.136. The van der Waals surface area contributed by atoms with Crippen molar-refractivity contribution in [3.63, 3.8) is 0 Å². The minimum Gasteiger partial charge on any atom is -0.457 e. The van der Waals surface area contributed by atoms with E-state index in [-0.39, 0.29) is 5.78 Å². The van der Waals surface area contributed by atoms with Crippen LogP contribution in [-0.4, -0.2) is 5.78 Å². The molecule has 3 aromatic carbocycles. The van der Waals surface area contributed by atoms with Crippen LogP contribution in [0.25, 0.3) is 0 Å². The summed E-state index contributed by atoms with van der Waals surface area (Å²) >= 11 is 0. The highest BCUT2D eigenvalue weighted by Gasteiger charge is 2.22. The van der Waals surface area contributed by atoms with Crippen molar-refractivity contribution in [3.05, 3.63) is 88.5 Å². The van der Waals surface area contributed by atoms with Gasteiger partial charge in [0.25, 0.3) is 0 Å². The Balaban J connectivity index is 2.14. The van der Waals surface area contributed by atoms with Gasteiger partial charge in [0.2, 0.25) is 0 Å². The molecular weight excluding hydrogens is 327 g/mol. The van der Waals surface area contributed by atoms with Crippen molar-refractivity contribution in [1.29, 1.82) is 0 Å². The summed E-state index contributed by atoms with van der Waals surface area (Å²) in [5, 5.41) is 0.995. The predicted octanol–water partition coefficient (Wildman–Crippen LogP) is 5.14. The van der Waals surface area contributed by atoms with Gasteiger partial charge in [-0.2, -0.15) is 0 Å². The summed E-state index contributed by atoms with van der Waals surface area (Å²) < 4.78 is 6.04. The zero-order chi connectivity index (χ0) is 18.0. The quantitative estimate of drug-likeness (QED) is 0.482. The van der Waals surface area contributed by atoms with E-state index in [0.29, 0.717) is 17.1 Å². The van der Waals surface area contributed by atoms with Gasteiger partial charge in [-0.3, -0.25) is 4.79 Å². The zero-order valence-electron chi connectivity index (χ0n) is 14.7. The van der Waals surface area contributed by atoms with E-state index in [4.69, 9.17) is 4.74 Å². The summed E-state index contributed by atoms with van der Waals surface area (Å²) in [5.74, 6) is 1.31. The minimum atomic E-state index is 0.00308. The first-order valence-corrected chi connectivity index (χ1v) is 8.79. The van der Waals surface area contributed by atoms with E-state index in [2.05, 4.69) is 9.24 Å². The molecule has 0 aromatic heterocycles. The third kappa shape index (κ3) is 3.50. The molecule has 25 heavy (non-hydrogen) atoms. The lowest BCUT2D eigenvalue weighted by molar-refractivity contribution is 0.103. The number of aryl methyl sites for hydroxylation is 2. The van der Waals surface area contributed by atoms with Gasteiger partial charge in [0.1, 0.15) is 11.5 Å². The Morgan fingerprint density at radius 3 is 2.08 bits per heavy atom. The largest absolute Gasteiger partial charge is 0.457 e. The lowest BCUT2D eigenvalue weighted by Crippen LogP contribution is -2.13. The second-order valence-electron chi connectivity index (χ2n) is 6.16. The number of carbonyl (C=O) groups excluding carboxylic acids is 1. The normalized spacial score (nSPS) is 10.6. The highest BCUT2D eigenvalue weighted by atomic mass is 31.0. The van der Waals surface area contributed by atoms with Crippen LogP contribution in [0.4, 0.5) is 0 Å². The zero-order valence-corrected chi connectivity index (χ0v) is 15.8. The molecule has 0 aliphatic carbocycles. The molecule has 0 saturated carbocycles. The van der Waals surface area contributed by atoms with Crippen LogP contribution in [0.2, 0.25) is 0 Å². The molecule has 0 heterocycles. The van der Waals surface area contributed by atoms with Gasteiger partial charge in [-0.15, -0.1) is 9.24 Å². The summed E-state index contributed by atoms with van der Waals surface area (Å²) in [6.07, 6.45) is 0. The molecule has 0 bridgehead atoms. The predicted molar refractivity (Wildman–Crippen MR) is 106 cm³/mol.